The second-order valence-electron chi connectivity index (χ2n) is 5.97. The number of esters is 1. The summed E-state index contributed by atoms with van der Waals surface area (Å²) >= 11 is 11.7. The summed E-state index contributed by atoms with van der Waals surface area (Å²) in [5.41, 5.74) is 5.81. The molecule has 2 atom stereocenters. The van der Waals surface area contributed by atoms with E-state index in [2.05, 4.69) is 0 Å². The van der Waals surface area contributed by atoms with Crippen molar-refractivity contribution in [3.63, 3.8) is 0 Å². The Morgan fingerprint density at radius 1 is 1.27 bits per heavy atom. The van der Waals surface area contributed by atoms with E-state index in [0.29, 0.717) is 15.6 Å². The van der Waals surface area contributed by atoms with Crippen LogP contribution in [0.5, 0.6) is 0 Å². The van der Waals surface area contributed by atoms with Crippen LogP contribution in [0, 0.1) is 5.92 Å². The smallest absolute Gasteiger partial charge is 0.322 e. The predicted molar refractivity (Wildman–Crippen MR) is 85.1 cm³/mol. The first-order valence-corrected chi connectivity index (χ1v) is 7.42. The van der Waals surface area contributed by atoms with Gasteiger partial charge in [0.1, 0.15) is 5.60 Å². The zero-order valence-electron chi connectivity index (χ0n) is 12.6. The average molecular weight is 348 g/mol. The standard InChI is InChI=1S/C15H19Cl2NO4/c1-15(2,3)22-14(21)12(13(19)20)11(18)7-8-4-5-9(16)10(17)6-8/h4-6,11-12H,7,18H2,1-3H3,(H,19,20). The van der Waals surface area contributed by atoms with Crippen LogP contribution in [0.15, 0.2) is 18.2 Å². The molecule has 0 radical (unpaired) electrons. The summed E-state index contributed by atoms with van der Waals surface area (Å²) in [5, 5.41) is 9.99. The minimum absolute atomic E-state index is 0.160. The SMILES string of the molecule is CC(C)(C)OC(=O)C(C(=O)O)C(N)Cc1ccc(Cl)c(Cl)c1. The molecule has 122 valence electrons. The van der Waals surface area contributed by atoms with E-state index in [1.807, 2.05) is 0 Å². The molecule has 0 bridgehead atoms. The van der Waals surface area contributed by atoms with Crippen LogP contribution in [0.25, 0.3) is 0 Å². The van der Waals surface area contributed by atoms with Gasteiger partial charge in [-0.2, -0.15) is 0 Å². The number of benzene rings is 1. The highest BCUT2D eigenvalue weighted by Crippen LogP contribution is 2.24. The van der Waals surface area contributed by atoms with E-state index in [4.69, 9.17) is 33.7 Å². The van der Waals surface area contributed by atoms with Crippen LogP contribution < -0.4 is 5.73 Å². The van der Waals surface area contributed by atoms with Crippen molar-refractivity contribution in [2.75, 3.05) is 0 Å². The first-order chi connectivity index (χ1) is 10.0. The number of ether oxygens (including phenoxy) is 1. The maximum absolute atomic E-state index is 12.0. The third-order valence-electron chi connectivity index (χ3n) is 2.81. The highest BCUT2D eigenvalue weighted by atomic mass is 35.5. The van der Waals surface area contributed by atoms with Gasteiger partial charge in [0.15, 0.2) is 5.92 Å². The molecule has 0 heterocycles. The van der Waals surface area contributed by atoms with Gasteiger partial charge in [0.25, 0.3) is 0 Å². The third-order valence-corrected chi connectivity index (χ3v) is 3.55. The molecule has 0 aliphatic heterocycles. The van der Waals surface area contributed by atoms with E-state index in [-0.39, 0.29) is 6.42 Å². The quantitative estimate of drug-likeness (QED) is 0.631. The molecule has 0 aliphatic carbocycles. The summed E-state index contributed by atoms with van der Waals surface area (Å²) < 4.78 is 5.12. The van der Waals surface area contributed by atoms with Crippen molar-refractivity contribution in [2.24, 2.45) is 11.7 Å². The largest absolute Gasteiger partial charge is 0.481 e. The molecule has 7 heteroatoms. The summed E-state index contributed by atoms with van der Waals surface area (Å²) in [5.74, 6) is -3.62. The monoisotopic (exact) mass is 347 g/mol. The summed E-state index contributed by atoms with van der Waals surface area (Å²) in [6, 6.07) is 3.93. The molecule has 2 unspecified atom stereocenters. The van der Waals surface area contributed by atoms with E-state index < -0.39 is 29.5 Å². The van der Waals surface area contributed by atoms with Crippen LogP contribution in [0.2, 0.25) is 10.0 Å². The Morgan fingerprint density at radius 3 is 2.32 bits per heavy atom. The molecule has 0 amide bonds. The van der Waals surface area contributed by atoms with Gasteiger partial charge in [0, 0.05) is 6.04 Å². The molecular weight excluding hydrogens is 329 g/mol. The van der Waals surface area contributed by atoms with Gasteiger partial charge in [-0.25, -0.2) is 0 Å². The minimum Gasteiger partial charge on any atom is -0.481 e. The van der Waals surface area contributed by atoms with Gasteiger partial charge >= 0.3 is 11.9 Å². The van der Waals surface area contributed by atoms with Crippen LogP contribution in [-0.2, 0) is 20.7 Å². The molecule has 1 aromatic carbocycles. The molecular formula is C15H19Cl2NO4. The number of hydrogen-bond donors (Lipinski definition) is 2. The van der Waals surface area contributed by atoms with Crippen LogP contribution >= 0.6 is 23.2 Å². The lowest BCUT2D eigenvalue weighted by atomic mass is 9.94. The zero-order valence-corrected chi connectivity index (χ0v) is 14.1. The Morgan fingerprint density at radius 2 is 1.86 bits per heavy atom. The first kappa shape index (κ1) is 18.7. The van der Waals surface area contributed by atoms with E-state index in [1.165, 1.54) is 0 Å². The van der Waals surface area contributed by atoms with Gasteiger partial charge in [0.05, 0.1) is 10.0 Å². The molecule has 1 rings (SSSR count). The van der Waals surface area contributed by atoms with Crippen LogP contribution in [-0.4, -0.2) is 28.7 Å². The average Bonchev–Trinajstić information content (AvgIpc) is 2.31. The fourth-order valence-electron chi connectivity index (χ4n) is 1.88. The molecule has 3 N–H and O–H groups in total. The fourth-order valence-corrected chi connectivity index (χ4v) is 2.20. The molecule has 0 aromatic heterocycles. The van der Waals surface area contributed by atoms with Crippen LogP contribution in [0.4, 0.5) is 0 Å². The lowest BCUT2D eigenvalue weighted by Crippen LogP contribution is -2.45. The van der Waals surface area contributed by atoms with Gasteiger partial charge < -0.3 is 15.6 Å². The highest BCUT2D eigenvalue weighted by molar-refractivity contribution is 6.42. The summed E-state index contributed by atoms with van der Waals surface area (Å²) in [6.07, 6.45) is 0.160. The summed E-state index contributed by atoms with van der Waals surface area (Å²) in [4.78, 5) is 23.4. The normalized spacial score (nSPS) is 14.3. The molecule has 0 spiro atoms. The van der Waals surface area contributed by atoms with E-state index in [1.54, 1.807) is 39.0 Å². The molecule has 1 aromatic rings. The molecule has 0 fully saturated rings. The van der Waals surface area contributed by atoms with Crippen molar-refractivity contribution in [2.45, 2.75) is 38.8 Å². The van der Waals surface area contributed by atoms with Crippen molar-refractivity contribution in [3.05, 3.63) is 33.8 Å². The van der Waals surface area contributed by atoms with E-state index in [0.717, 1.165) is 0 Å². The van der Waals surface area contributed by atoms with Crippen molar-refractivity contribution in [1.82, 2.24) is 0 Å². The van der Waals surface area contributed by atoms with Gasteiger partial charge in [-0.05, 0) is 44.9 Å². The predicted octanol–water partition coefficient (Wildman–Crippen LogP) is 2.91. The zero-order chi connectivity index (χ0) is 17.1. The summed E-state index contributed by atoms with van der Waals surface area (Å²) in [7, 11) is 0. The van der Waals surface area contributed by atoms with Crippen molar-refractivity contribution in [3.8, 4) is 0 Å². The lowest BCUT2D eigenvalue weighted by Gasteiger charge is -2.25. The Labute approximate surface area is 139 Å². The number of carbonyl (C=O) groups is 2. The number of nitrogens with two attached hydrogens (primary N) is 1. The van der Waals surface area contributed by atoms with Gasteiger partial charge in [0.2, 0.25) is 0 Å². The number of hydrogen-bond acceptors (Lipinski definition) is 4. The first-order valence-electron chi connectivity index (χ1n) is 6.66. The number of rotatable bonds is 5. The maximum atomic E-state index is 12.0. The summed E-state index contributed by atoms with van der Waals surface area (Å²) in [6.45, 7) is 4.98. The number of carboxylic acid groups (broad SMARTS) is 1. The molecule has 0 saturated carbocycles. The Hall–Kier alpha value is -1.30. The Kier molecular flexibility index (Phi) is 6.23. The number of aliphatic carboxylic acids is 1. The van der Waals surface area contributed by atoms with Crippen molar-refractivity contribution in [1.29, 1.82) is 0 Å². The van der Waals surface area contributed by atoms with Gasteiger partial charge in [-0.3, -0.25) is 9.59 Å². The van der Waals surface area contributed by atoms with Crippen molar-refractivity contribution < 1.29 is 19.4 Å². The second-order valence-corrected chi connectivity index (χ2v) is 6.78. The second kappa shape index (κ2) is 7.31. The Bertz CT molecular complexity index is 569. The molecule has 22 heavy (non-hydrogen) atoms. The maximum Gasteiger partial charge on any atom is 0.322 e. The van der Waals surface area contributed by atoms with Crippen molar-refractivity contribution >= 4 is 35.1 Å². The lowest BCUT2D eigenvalue weighted by molar-refractivity contribution is -0.167. The van der Waals surface area contributed by atoms with Gasteiger partial charge in [-0.1, -0.05) is 29.3 Å². The fraction of sp³-hybridized carbons (Fsp3) is 0.467. The van der Waals surface area contributed by atoms with Crippen LogP contribution in [0.3, 0.4) is 0 Å². The number of halogens is 2. The topological polar surface area (TPSA) is 89.6 Å². The number of carboxylic acids is 1. The highest BCUT2D eigenvalue weighted by Gasteiger charge is 2.36. The molecule has 5 nitrogen and oxygen atoms in total. The Balaban J connectivity index is 2.89. The van der Waals surface area contributed by atoms with E-state index in [9.17, 15) is 14.7 Å². The molecule has 0 aliphatic rings. The van der Waals surface area contributed by atoms with Crippen LogP contribution in [0.1, 0.15) is 26.3 Å². The minimum atomic E-state index is -1.45. The van der Waals surface area contributed by atoms with Gasteiger partial charge in [-0.15, -0.1) is 0 Å². The number of carbonyl (C=O) groups excluding carboxylic acids is 1. The molecule has 0 saturated heterocycles. The third kappa shape index (κ3) is 5.48. The van der Waals surface area contributed by atoms with E-state index >= 15 is 0 Å².